The molecule has 0 bridgehead atoms. The van der Waals surface area contributed by atoms with Gasteiger partial charge in [0, 0.05) is 12.6 Å². The van der Waals surface area contributed by atoms with Crippen LogP contribution >= 0.6 is 0 Å². The molecule has 0 fully saturated rings. The van der Waals surface area contributed by atoms with Gasteiger partial charge in [-0.05, 0) is 12.8 Å². The molecule has 5 heteroatoms. The summed E-state index contributed by atoms with van der Waals surface area (Å²) < 4.78 is 4.82. The summed E-state index contributed by atoms with van der Waals surface area (Å²) in [6.45, 7) is 3.99. The van der Waals surface area contributed by atoms with E-state index in [9.17, 15) is 4.79 Å². The maximum atomic E-state index is 11.5. The van der Waals surface area contributed by atoms with Gasteiger partial charge in [0.05, 0.1) is 13.2 Å². The third-order valence-electron chi connectivity index (χ3n) is 2.28. The van der Waals surface area contributed by atoms with Crippen LogP contribution in [0.15, 0.2) is 0 Å². The summed E-state index contributed by atoms with van der Waals surface area (Å²) in [5, 5.41) is 17.4. The van der Waals surface area contributed by atoms with Gasteiger partial charge in [-0.2, -0.15) is 0 Å². The zero-order valence-electron chi connectivity index (χ0n) is 9.48. The van der Waals surface area contributed by atoms with Crippen LogP contribution in [0.2, 0.25) is 0 Å². The van der Waals surface area contributed by atoms with Crippen molar-refractivity contribution in [3.8, 4) is 0 Å². The summed E-state index contributed by atoms with van der Waals surface area (Å²) in [5.74, 6) is 0. The minimum Gasteiger partial charge on any atom is -0.447 e. The Hall–Kier alpha value is -0.810. The normalized spacial score (nSPS) is 10.5. The highest BCUT2D eigenvalue weighted by molar-refractivity contribution is 5.68. The van der Waals surface area contributed by atoms with E-state index in [-0.39, 0.29) is 32.4 Å². The first-order valence-corrected chi connectivity index (χ1v) is 5.36. The maximum absolute atomic E-state index is 11.5. The van der Waals surface area contributed by atoms with Gasteiger partial charge < -0.3 is 19.8 Å². The summed E-state index contributed by atoms with van der Waals surface area (Å²) >= 11 is 0. The number of nitrogens with zero attached hydrogens (tertiary/aromatic N) is 1. The fraction of sp³-hybridized carbons (Fsp3) is 0.900. The molecule has 5 nitrogen and oxygen atoms in total. The predicted octanol–water partition coefficient (Wildman–Crippen LogP) is 0.598. The SMILES string of the molecule is CCC(CC)N(CCO)C(=O)OCCO. The number of hydrogen-bond acceptors (Lipinski definition) is 4. The topological polar surface area (TPSA) is 70.0 Å². The standard InChI is InChI=1S/C10H21NO4/c1-3-9(4-2)11(5-6-12)10(14)15-8-7-13/h9,12-13H,3-8H2,1-2H3. The van der Waals surface area contributed by atoms with Crippen LogP contribution in [-0.2, 0) is 4.74 Å². The lowest BCUT2D eigenvalue weighted by atomic mass is 10.1. The molecule has 0 aromatic carbocycles. The van der Waals surface area contributed by atoms with Crippen molar-refractivity contribution < 1.29 is 19.7 Å². The van der Waals surface area contributed by atoms with Gasteiger partial charge in [-0.25, -0.2) is 4.79 Å². The molecule has 0 heterocycles. The van der Waals surface area contributed by atoms with Crippen LogP contribution in [0.1, 0.15) is 26.7 Å². The first kappa shape index (κ1) is 14.2. The van der Waals surface area contributed by atoms with Gasteiger partial charge in [0.2, 0.25) is 0 Å². The molecular formula is C10H21NO4. The largest absolute Gasteiger partial charge is 0.447 e. The predicted molar refractivity (Wildman–Crippen MR) is 56.6 cm³/mol. The van der Waals surface area contributed by atoms with E-state index in [0.717, 1.165) is 12.8 Å². The summed E-state index contributed by atoms with van der Waals surface area (Å²) in [6.07, 6.45) is 1.18. The lowest BCUT2D eigenvalue weighted by molar-refractivity contribution is 0.0622. The third kappa shape index (κ3) is 4.99. The Balaban J connectivity index is 4.28. The van der Waals surface area contributed by atoms with E-state index < -0.39 is 6.09 Å². The Morgan fingerprint density at radius 2 is 1.87 bits per heavy atom. The highest BCUT2D eigenvalue weighted by Crippen LogP contribution is 2.09. The second kappa shape index (κ2) is 8.49. The van der Waals surface area contributed by atoms with E-state index in [2.05, 4.69) is 0 Å². The van der Waals surface area contributed by atoms with E-state index in [1.54, 1.807) is 0 Å². The zero-order chi connectivity index (χ0) is 11.7. The minimum atomic E-state index is -0.466. The van der Waals surface area contributed by atoms with E-state index >= 15 is 0 Å². The molecule has 0 aliphatic heterocycles. The van der Waals surface area contributed by atoms with Crippen molar-refractivity contribution in [3.63, 3.8) is 0 Å². The first-order valence-electron chi connectivity index (χ1n) is 5.36. The smallest absolute Gasteiger partial charge is 0.410 e. The van der Waals surface area contributed by atoms with Crippen molar-refractivity contribution >= 4 is 6.09 Å². The molecule has 0 atom stereocenters. The summed E-state index contributed by atoms with van der Waals surface area (Å²) in [7, 11) is 0. The number of hydrogen-bond donors (Lipinski definition) is 2. The van der Waals surface area contributed by atoms with Crippen molar-refractivity contribution in [2.24, 2.45) is 0 Å². The van der Waals surface area contributed by atoms with Crippen LogP contribution in [0.3, 0.4) is 0 Å². The fourth-order valence-electron chi connectivity index (χ4n) is 1.48. The number of amides is 1. The van der Waals surface area contributed by atoms with Crippen LogP contribution in [-0.4, -0.2) is 53.6 Å². The van der Waals surface area contributed by atoms with Crippen molar-refractivity contribution in [2.75, 3.05) is 26.4 Å². The highest BCUT2D eigenvalue weighted by atomic mass is 16.6. The van der Waals surface area contributed by atoms with Gasteiger partial charge in [0.1, 0.15) is 6.61 Å². The molecule has 0 spiro atoms. The summed E-state index contributed by atoms with van der Waals surface area (Å²) in [4.78, 5) is 13.0. The minimum absolute atomic E-state index is 0.000903. The number of aliphatic hydroxyl groups excluding tert-OH is 2. The van der Waals surface area contributed by atoms with Crippen molar-refractivity contribution in [1.29, 1.82) is 0 Å². The molecule has 0 aromatic rings. The van der Waals surface area contributed by atoms with Gasteiger partial charge in [-0.1, -0.05) is 13.8 Å². The lowest BCUT2D eigenvalue weighted by Crippen LogP contribution is -2.42. The molecule has 2 N–H and O–H groups in total. The van der Waals surface area contributed by atoms with E-state index in [1.807, 2.05) is 13.8 Å². The number of ether oxygens (including phenoxy) is 1. The number of aliphatic hydroxyl groups is 2. The second-order valence-corrected chi connectivity index (χ2v) is 3.23. The number of rotatable bonds is 7. The van der Waals surface area contributed by atoms with Crippen LogP contribution < -0.4 is 0 Å². The number of carbonyl (C=O) groups excluding carboxylic acids is 1. The Morgan fingerprint density at radius 1 is 1.27 bits per heavy atom. The Bertz CT molecular complexity index is 171. The van der Waals surface area contributed by atoms with Crippen LogP contribution in [0.5, 0.6) is 0 Å². The Morgan fingerprint density at radius 3 is 2.27 bits per heavy atom. The van der Waals surface area contributed by atoms with E-state index in [0.29, 0.717) is 0 Å². The first-order chi connectivity index (χ1) is 7.21. The van der Waals surface area contributed by atoms with E-state index in [4.69, 9.17) is 14.9 Å². The number of carbonyl (C=O) groups is 1. The van der Waals surface area contributed by atoms with Crippen molar-refractivity contribution in [3.05, 3.63) is 0 Å². The molecule has 1 amide bonds. The van der Waals surface area contributed by atoms with Crippen molar-refractivity contribution in [1.82, 2.24) is 4.90 Å². The fourth-order valence-corrected chi connectivity index (χ4v) is 1.48. The van der Waals surface area contributed by atoms with Crippen LogP contribution in [0.4, 0.5) is 4.79 Å². The van der Waals surface area contributed by atoms with E-state index in [1.165, 1.54) is 4.90 Å². The molecule has 90 valence electrons. The molecular weight excluding hydrogens is 198 g/mol. The molecule has 0 aliphatic rings. The summed E-state index contributed by atoms with van der Waals surface area (Å²) in [6, 6.07) is 0.0864. The van der Waals surface area contributed by atoms with Gasteiger partial charge in [-0.3, -0.25) is 0 Å². The monoisotopic (exact) mass is 219 g/mol. The molecule has 15 heavy (non-hydrogen) atoms. The Labute approximate surface area is 90.6 Å². The molecule has 0 aliphatic carbocycles. The highest BCUT2D eigenvalue weighted by Gasteiger charge is 2.21. The average molecular weight is 219 g/mol. The molecule has 0 rings (SSSR count). The molecule has 0 unspecified atom stereocenters. The quantitative estimate of drug-likeness (QED) is 0.657. The maximum Gasteiger partial charge on any atom is 0.410 e. The third-order valence-corrected chi connectivity index (χ3v) is 2.28. The van der Waals surface area contributed by atoms with Crippen molar-refractivity contribution in [2.45, 2.75) is 32.7 Å². The van der Waals surface area contributed by atoms with Gasteiger partial charge >= 0.3 is 6.09 Å². The van der Waals surface area contributed by atoms with Crippen LogP contribution in [0.25, 0.3) is 0 Å². The van der Waals surface area contributed by atoms with Gasteiger partial charge in [0.25, 0.3) is 0 Å². The molecule has 0 saturated heterocycles. The molecule has 0 radical (unpaired) electrons. The summed E-state index contributed by atoms with van der Waals surface area (Å²) in [5.41, 5.74) is 0. The lowest BCUT2D eigenvalue weighted by Gasteiger charge is -2.28. The zero-order valence-corrected chi connectivity index (χ0v) is 9.48. The average Bonchev–Trinajstić information content (AvgIpc) is 2.26. The second-order valence-electron chi connectivity index (χ2n) is 3.23. The van der Waals surface area contributed by atoms with Crippen LogP contribution in [0, 0.1) is 0 Å². The molecule has 0 saturated carbocycles. The van der Waals surface area contributed by atoms with Gasteiger partial charge in [-0.15, -0.1) is 0 Å². The molecule has 0 aromatic heterocycles. The van der Waals surface area contributed by atoms with Gasteiger partial charge in [0.15, 0.2) is 0 Å². The Kier molecular flexibility index (Phi) is 8.04.